The Bertz CT molecular complexity index is 2090. The number of nitrogens with one attached hydrogen (secondary N) is 1. The summed E-state index contributed by atoms with van der Waals surface area (Å²) in [4.78, 5) is 16.8. The number of carbonyl (C=O) groups is 1. The predicted molar refractivity (Wildman–Crippen MR) is 164 cm³/mol. The number of ether oxygens (including phenoxy) is 1. The maximum atomic E-state index is 13.9. The van der Waals surface area contributed by atoms with E-state index in [4.69, 9.17) is 4.74 Å². The minimum absolute atomic E-state index is 0.0175. The zero-order valence-corrected chi connectivity index (χ0v) is 25.4. The number of hydrogen-bond donors (Lipinski definition) is 1. The van der Waals surface area contributed by atoms with Crippen molar-refractivity contribution in [1.29, 1.82) is 5.26 Å². The van der Waals surface area contributed by atoms with Gasteiger partial charge in [-0.15, -0.1) is 0 Å². The number of nitrogens with zero attached hydrogens (tertiary/aromatic N) is 3. The molecule has 8 nitrogen and oxygen atoms in total. The Labute approximate surface area is 257 Å². The molecule has 0 atom stereocenters. The van der Waals surface area contributed by atoms with E-state index in [2.05, 4.69) is 16.4 Å². The molecule has 0 bridgehead atoms. The summed E-state index contributed by atoms with van der Waals surface area (Å²) in [7, 11) is -4.15. The van der Waals surface area contributed by atoms with Crippen molar-refractivity contribution in [3.63, 3.8) is 0 Å². The van der Waals surface area contributed by atoms with Gasteiger partial charge in [0.2, 0.25) is 0 Å². The van der Waals surface area contributed by atoms with Crippen LogP contribution in [0.15, 0.2) is 90.1 Å². The molecule has 5 aromatic rings. The van der Waals surface area contributed by atoms with Crippen LogP contribution in [-0.2, 0) is 20.9 Å². The van der Waals surface area contributed by atoms with E-state index in [9.17, 15) is 31.6 Å². The average molecular weight is 633 g/mol. The summed E-state index contributed by atoms with van der Waals surface area (Å²) >= 11 is 0. The van der Waals surface area contributed by atoms with Gasteiger partial charge >= 0.3 is 12.3 Å². The molecule has 2 aromatic heterocycles. The van der Waals surface area contributed by atoms with E-state index in [1.165, 1.54) is 36.7 Å². The highest BCUT2D eigenvalue weighted by molar-refractivity contribution is 7.90. The van der Waals surface area contributed by atoms with E-state index in [1.807, 2.05) is 6.92 Å². The van der Waals surface area contributed by atoms with Gasteiger partial charge in [-0.3, -0.25) is 5.32 Å². The number of amides is 1. The van der Waals surface area contributed by atoms with E-state index in [-0.39, 0.29) is 27.4 Å². The van der Waals surface area contributed by atoms with Gasteiger partial charge in [0.05, 0.1) is 22.1 Å². The molecule has 0 saturated heterocycles. The fourth-order valence-electron chi connectivity index (χ4n) is 4.68. The third-order valence-corrected chi connectivity index (χ3v) is 8.40. The molecule has 12 heteroatoms. The molecule has 45 heavy (non-hydrogen) atoms. The number of benzene rings is 3. The lowest BCUT2D eigenvalue weighted by Gasteiger charge is -2.20. The monoisotopic (exact) mass is 632 g/mol. The van der Waals surface area contributed by atoms with E-state index < -0.39 is 33.5 Å². The van der Waals surface area contributed by atoms with Gasteiger partial charge in [0.15, 0.2) is 5.65 Å². The molecule has 0 aliphatic heterocycles. The number of fused-ring (bicyclic) bond motifs is 1. The lowest BCUT2D eigenvalue weighted by atomic mass is 9.99. The molecule has 0 unspecified atom stereocenters. The van der Waals surface area contributed by atoms with Crippen molar-refractivity contribution in [2.45, 2.75) is 44.4 Å². The molecule has 0 spiro atoms. The van der Waals surface area contributed by atoms with E-state index >= 15 is 0 Å². The zero-order chi connectivity index (χ0) is 32.7. The molecule has 1 amide bonds. The summed E-state index contributed by atoms with van der Waals surface area (Å²) in [5, 5.41) is 12.1. The lowest BCUT2D eigenvalue weighted by Crippen LogP contribution is -2.27. The summed E-state index contributed by atoms with van der Waals surface area (Å²) in [5.41, 5.74) is 0.367. The molecular formula is C33H27F3N4O4S. The SMILES string of the molecule is Cc1ccc(S(=O)(=O)n2cc(-c3cccc(C#N)c3)c3cc(-c4cc(NC(=O)OC(C)(C)C)cc(C(F)(F)F)c4)cnc32)cc1. The fraction of sp³-hybridized carbons (Fsp3) is 0.182. The first kappa shape index (κ1) is 31.3. The fourth-order valence-corrected chi connectivity index (χ4v) is 6.01. The van der Waals surface area contributed by atoms with Crippen LogP contribution in [0.5, 0.6) is 0 Å². The average Bonchev–Trinajstić information content (AvgIpc) is 3.35. The van der Waals surface area contributed by atoms with Crippen LogP contribution >= 0.6 is 0 Å². The second-order valence-corrected chi connectivity index (χ2v) is 13.2. The first-order chi connectivity index (χ1) is 21.0. The number of aromatic nitrogens is 2. The normalized spacial score (nSPS) is 12.1. The van der Waals surface area contributed by atoms with Crippen molar-refractivity contribution in [3.05, 3.63) is 102 Å². The van der Waals surface area contributed by atoms with Gasteiger partial charge in [0, 0.05) is 34.6 Å². The number of hydrogen-bond acceptors (Lipinski definition) is 6. The Balaban J connectivity index is 1.71. The zero-order valence-electron chi connectivity index (χ0n) is 24.6. The Morgan fingerprint density at radius 2 is 1.67 bits per heavy atom. The maximum absolute atomic E-state index is 13.9. The minimum Gasteiger partial charge on any atom is -0.444 e. The second-order valence-electron chi connectivity index (χ2n) is 11.4. The van der Waals surface area contributed by atoms with Gasteiger partial charge in [0.25, 0.3) is 10.0 Å². The van der Waals surface area contributed by atoms with E-state index in [1.54, 1.807) is 57.2 Å². The molecule has 0 aliphatic carbocycles. The molecule has 1 N–H and O–H groups in total. The molecule has 0 aliphatic rings. The topological polar surface area (TPSA) is 114 Å². The number of rotatable bonds is 5. The van der Waals surface area contributed by atoms with Gasteiger partial charge in [0.1, 0.15) is 5.60 Å². The van der Waals surface area contributed by atoms with Crippen molar-refractivity contribution in [3.8, 4) is 28.3 Å². The van der Waals surface area contributed by atoms with Crippen molar-refractivity contribution in [1.82, 2.24) is 8.96 Å². The summed E-state index contributed by atoms with van der Waals surface area (Å²) < 4.78 is 75.6. The number of anilines is 1. The van der Waals surface area contributed by atoms with Crippen molar-refractivity contribution in [2.24, 2.45) is 0 Å². The van der Waals surface area contributed by atoms with Crippen molar-refractivity contribution >= 4 is 32.8 Å². The van der Waals surface area contributed by atoms with Crippen LogP contribution in [-0.4, -0.2) is 29.1 Å². The molecule has 0 fully saturated rings. The van der Waals surface area contributed by atoms with Crippen LogP contribution in [0.1, 0.15) is 37.5 Å². The summed E-state index contributed by atoms with van der Waals surface area (Å²) in [6.45, 7) is 6.70. The van der Waals surface area contributed by atoms with Crippen LogP contribution < -0.4 is 5.32 Å². The first-order valence-electron chi connectivity index (χ1n) is 13.6. The quantitative estimate of drug-likeness (QED) is 0.209. The third-order valence-electron chi connectivity index (χ3n) is 6.73. The Morgan fingerprint density at radius 1 is 0.956 bits per heavy atom. The number of nitriles is 1. The van der Waals surface area contributed by atoms with Crippen LogP contribution in [0.2, 0.25) is 0 Å². The highest BCUT2D eigenvalue weighted by Crippen LogP contribution is 2.38. The largest absolute Gasteiger partial charge is 0.444 e. The minimum atomic E-state index is -4.74. The number of alkyl halides is 3. The standard InChI is InChI=1S/C33H27F3N4O4S/c1-20-8-10-27(11-9-20)45(42,43)40-19-29(22-7-5-6-21(12-22)17-37)28-15-24(18-38-30(28)40)23-13-25(33(34,35)36)16-26(14-23)39-31(41)44-32(2,3)4/h5-16,18-19H,1-4H3,(H,39,41). The smallest absolute Gasteiger partial charge is 0.416 e. The number of carbonyl (C=O) groups excluding carboxylic acids is 1. The maximum Gasteiger partial charge on any atom is 0.416 e. The molecular weight excluding hydrogens is 605 g/mol. The third kappa shape index (κ3) is 6.68. The number of pyridine rings is 1. The van der Waals surface area contributed by atoms with Gasteiger partial charge in [-0.05, 0) is 87.4 Å². The highest BCUT2D eigenvalue weighted by atomic mass is 32.2. The lowest BCUT2D eigenvalue weighted by molar-refractivity contribution is -0.137. The van der Waals surface area contributed by atoms with Gasteiger partial charge in [-0.1, -0.05) is 29.8 Å². The molecule has 0 saturated carbocycles. The van der Waals surface area contributed by atoms with E-state index in [0.717, 1.165) is 21.7 Å². The summed E-state index contributed by atoms with van der Waals surface area (Å²) in [6, 6.07) is 19.4. The van der Waals surface area contributed by atoms with Gasteiger partial charge in [-0.25, -0.2) is 22.2 Å². The first-order valence-corrected chi connectivity index (χ1v) is 15.1. The summed E-state index contributed by atoms with van der Waals surface area (Å²) in [5.74, 6) is 0. The second kappa shape index (κ2) is 11.4. The van der Waals surface area contributed by atoms with Crippen molar-refractivity contribution < 1.29 is 31.1 Å². The van der Waals surface area contributed by atoms with Crippen LogP contribution in [0.4, 0.5) is 23.7 Å². The molecule has 0 radical (unpaired) electrons. The van der Waals surface area contributed by atoms with Gasteiger partial charge < -0.3 is 4.74 Å². The Morgan fingerprint density at radius 3 is 2.31 bits per heavy atom. The van der Waals surface area contributed by atoms with Crippen molar-refractivity contribution in [2.75, 3.05) is 5.32 Å². The molecule has 2 heterocycles. The Kier molecular flexibility index (Phi) is 7.93. The van der Waals surface area contributed by atoms with Crippen LogP contribution in [0, 0.1) is 18.3 Å². The number of halogens is 3. The van der Waals surface area contributed by atoms with Gasteiger partial charge in [-0.2, -0.15) is 18.4 Å². The summed E-state index contributed by atoms with van der Waals surface area (Å²) in [6.07, 6.45) is -3.02. The predicted octanol–water partition coefficient (Wildman–Crippen LogP) is 8.15. The van der Waals surface area contributed by atoms with Crippen LogP contribution in [0.3, 0.4) is 0 Å². The molecule has 230 valence electrons. The Hall–Kier alpha value is -5.15. The molecule has 3 aromatic carbocycles. The molecule has 5 rings (SSSR count). The highest BCUT2D eigenvalue weighted by Gasteiger charge is 2.32. The van der Waals surface area contributed by atoms with Crippen LogP contribution in [0.25, 0.3) is 33.3 Å². The van der Waals surface area contributed by atoms with E-state index in [0.29, 0.717) is 22.1 Å². The number of aryl methyl sites for hydroxylation is 1.